The molecule has 4 heteroatoms. The van der Waals surface area contributed by atoms with E-state index in [1.54, 1.807) is 6.08 Å². The second kappa shape index (κ2) is 5.25. The Morgan fingerprint density at radius 2 is 2.10 bits per heavy atom. The Bertz CT molecular complexity index is 704. The molecule has 0 saturated heterocycles. The molecule has 0 bridgehead atoms. The van der Waals surface area contributed by atoms with Gasteiger partial charge in [0.15, 0.2) is 0 Å². The largest absolute Gasteiger partial charge is 0.398 e. The summed E-state index contributed by atoms with van der Waals surface area (Å²) in [7, 11) is 3.99. The van der Waals surface area contributed by atoms with Crippen LogP contribution in [-0.2, 0) is 14.1 Å². The molecule has 0 spiro atoms. The first-order chi connectivity index (χ1) is 9.45. The molecule has 0 aliphatic heterocycles. The average Bonchev–Trinajstić information content (AvgIpc) is 2.44. The number of anilines is 1. The molecule has 0 atom stereocenters. The molecule has 1 aromatic heterocycles. The summed E-state index contributed by atoms with van der Waals surface area (Å²) in [5, 5.41) is 8.24. The molecule has 0 aliphatic carbocycles. The van der Waals surface area contributed by atoms with E-state index in [9.17, 15) is 0 Å². The summed E-state index contributed by atoms with van der Waals surface area (Å²) in [6, 6.07) is 5.80. The molecule has 2 aromatic rings. The quantitative estimate of drug-likeness (QED) is 0.499. The maximum absolute atomic E-state index is 8.24. The summed E-state index contributed by atoms with van der Waals surface area (Å²) in [6.45, 7) is 5.55. The predicted octanol–water partition coefficient (Wildman–Crippen LogP) is 3.36. The molecule has 0 radical (unpaired) electrons. The molecule has 1 aromatic carbocycles. The van der Waals surface area contributed by atoms with Gasteiger partial charge in [-0.1, -0.05) is 24.8 Å². The summed E-state index contributed by atoms with van der Waals surface area (Å²) < 4.78 is 4.05. The average molecular weight is 270 g/mol. The molecule has 4 nitrogen and oxygen atoms in total. The van der Waals surface area contributed by atoms with E-state index in [2.05, 4.69) is 6.58 Å². The molecule has 1 heterocycles. The van der Waals surface area contributed by atoms with Crippen molar-refractivity contribution < 1.29 is 1.43 Å². The summed E-state index contributed by atoms with van der Waals surface area (Å²) in [4.78, 5) is 0. The molecule has 2 rings (SSSR count). The van der Waals surface area contributed by atoms with Crippen LogP contribution in [0.1, 0.15) is 13.9 Å². The van der Waals surface area contributed by atoms with Crippen LogP contribution in [0.3, 0.4) is 0 Å². The zero-order valence-electron chi connectivity index (χ0n) is 12.1. The van der Waals surface area contributed by atoms with Gasteiger partial charge in [0.2, 0.25) is 0 Å². The number of nitrogens with zero attached hydrogens (tertiary/aromatic N) is 2. The second-order valence-corrected chi connectivity index (χ2v) is 4.87. The third-order valence-electron chi connectivity index (χ3n) is 3.51. The maximum Gasteiger partial charge on any atom is 0.0821 e. The summed E-state index contributed by atoms with van der Waals surface area (Å²) >= 11 is 0. The van der Waals surface area contributed by atoms with Crippen LogP contribution in [0.15, 0.2) is 48.7 Å². The van der Waals surface area contributed by atoms with Crippen molar-refractivity contribution in [1.29, 1.82) is 5.41 Å². The van der Waals surface area contributed by atoms with Crippen molar-refractivity contribution in [3.05, 3.63) is 54.3 Å². The van der Waals surface area contributed by atoms with E-state index < -0.39 is 0 Å². The fraction of sp³-hybridized carbons (Fsp3) is 0.188. The smallest absolute Gasteiger partial charge is 0.0821 e. The van der Waals surface area contributed by atoms with Gasteiger partial charge in [-0.15, -0.1) is 0 Å². The fourth-order valence-corrected chi connectivity index (χ4v) is 2.13. The lowest BCUT2D eigenvalue weighted by Crippen LogP contribution is -2.17. The van der Waals surface area contributed by atoms with Crippen molar-refractivity contribution in [1.82, 2.24) is 9.36 Å². The molecular formula is C16H22N4. The van der Waals surface area contributed by atoms with Crippen LogP contribution in [0.4, 0.5) is 5.69 Å². The number of rotatable bonds is 4. The Morgan fingerprint density at radius 3 is 2.65 bits per heavy atom. The van der Waals surface area contributed by atoms with Gasteiger partial charge in [-0.3, -0.25) is 14.8 Å². The Morgan fingerprint density at radius 1 is 1.40 bits per heavy atom. The van der Waals surface area contributed by atoms with Gasteiger partial charge in [-0.2, -0.15) is 0 Å². The van der Waals surface area contributed by atoms with Crippen molar-refractivity contribution in [2.75, 3.05) is 5.73 Å². The summed E-state index contributed by atoms with van der Waals surface area (Å²) in [5.41, 5.74) is 10.8. The van der Waals surface area contributed by atoms with Crippen LogP contribution in [0.2, 0.25) is 0 Å². The highest BCUT2D eigenvalue weighted by molar-refractivity contribution is 6.13. The van der Waals surface area contributed by atoms with E-state index >= 15 is 0 Å². The lowest BCUT2D eigenvalue weighted by atomic mass is 9.98. The third-order valence-corrected chi connectivity index (χ3v) is 3.51. The molecule has 0 aliphatic rings. The molecular weight excluding hydrogens is 248 g/mol. The second-order valence-electron chi connectivity index (χ2n) is 4.87. The van der Waals surface area contributed by atoms with Gasteiger partial charge in [0.25, 0.3) is 0 Å². The van der Waals surface area contributed by atoms with Gasteiger partial charge in [0.1, 0.15) is 0 Å². The van der Waals surface area contributed by atoms with Crippen LogP contribution in [0, 0.1) is 5.41 Å². The van der Waals surface area contributed by atoms with E-state index in [-0.39, 0.29) is 1.43 Å². The van der Waals surface area contributed by atoms with Gasteiger partial charge in [-0.25, -0.2) is 0 Å². The standard InChI is InChI=1S/C16H20N4.H2/c1-5-6-11(2)16(18)13-9-12(7-8-14(13)17)15-10-19(3)20(15)4;/h5-10,18H,1,17H2,2-4H3;1H/b11-6+,18-16?;. The number of benzene rings is 1. The Hall–Kier alpha value is -2.49. The number of hydrogen-bond acceptors (Lipinski definition) is 2. The highest BCUT2D eigenvalue weighted by Crippen LogP contribution is 2.26. The van der Waals surface area contributed by atoms with Crippen LogP contribution in [0.5, 0.6) is 0 Å². The third kappa shape index (κ3) is 2.32. The van der Waals surface area contributed by atoms with E-state index in [0.29, 0.717) is 11.4 Å². The fourth-order valence-electron chi connectivity index (χ4n) is 2.13. The first-order valence-corrected chi connectivity index (χ1v) is 6.42. The minimum absolute atomic E-state index is 0. The highest BCUT2D eigenvalue weighted by Gasteiger charge is 2.12. The first-order valence-electron chi connectivity index (χ1n) is 6.42. The van der Waals surface area contributed by atoms with E-state index in [1.807, 2.05) is 60.9 Å². The molecule has 20 heavy (non-hydrogen) atoms. The molecule has 0 fully saturated rings. The number of aryl methyl sites for hydroxylation is 1. The summed E-state index contributed by atoms with van der Waals surface area (Å²) in [5.74, 6) is 0. The Labute approximate surface area is 120 Å². The van der Waals surface area contributed by atoms with E-state index in [1.165, 1.54) is 0 Å². The van der Waals surface area contributed by atoms with Crippen molar-refractivity contribution in [3.63, 3.8) is 0 Å². The normalized spacial score (nSPS) is 11.7. The number of nitrogen functional groups attached to an aromatic ring is 1. The molecule has 0 unspecified atom stereocenters. The van der Waals surface area contributed by atoms with Crippen LogP contribution in [-0.4, -0.2) is 15.1 Å². The van der Waals surface area contributed by atoms with Crippen LogP contribution in [0.25, 0.3) is 11.3 Å². The first kappa shape index (κ1) is 13.9. The molecule has 106 valence electrons. The minimum atomic E-state index is 0. The SMILES string of the molecule is C=C/C=C(\C)C(=N)c1cc(-c2cn(C)n2C)ccc1N.[HH]. The van der Waals surface area contributed by atoms with Crippen molar-refractivity contribution in [3.8, 4) is 11.3 Å². The molecule has 3 N–H and O–H groups in total. The number of hydrogen-bond donors (Lipinski definition) is 2. The Balaban J connectivity index is 0.00000220. The predicted molar refractivity (Wildman–Crippen MR) is 87.1 cm³/mol. The lowest BCUT2D eigenvalue weighted by Gasteiger charge is -2.21. The van der Waals surface area contributed by atoms with Gasteiger partial charge >= 0.3 is 0 Å². The Kier molecular flexibility index (Phi) is 3.66. The molecule has 0 amide bonds. The van der Waals surface area contributed by atoms with Gasteiger partial charge in [-0.05, 0) is 24.6 Å². The van der Waals surface area contributed by atoms with Gasteiger partial charge < -0.3 is 5.73 Å². The number of allylic oxidation sites excluding steroid dienone is 3. The zero-order chi connectivity index (χ0) is 14.9. The van der Waals surface area contributed by atoms with Crippen molar-refractivity contribution in [2.24, 2.45) is 14.1 Å². The number of aromatic nitrogens is 2. The minimum Gasteiger partial charge on any atom is -0.398 e. The zero-order valence-corrected chi connectivity index (χ0v) is 12.1. The van der Waals surface area contributed by atoms with Crippen molar-refractivity contribution >= 4 is 11.4 Å². The van der Waals surface area contributed by atoms with Gasteiger partial charge in [0, 0.05) is 38.5 Å². The van der Waals surface area contributed by atoms with E-state index in [0.717, 1.165) is 22.4 Å². The number of nitrogens with two attached hydrogens (primary N) is 1. The number of nitrogens with one attached hydrogen (secondary N) is 1. The van der Waals surface area contributed by atoms with Crippen molar-refractivity contribution in [2.45, 2.75) is 6.92 Å². The molecule has 0 saturated carbocycles. The van der Waals surface area contributed by atoms with Crippen LogP contribution >= 0.6 is 0 Å². The van der Waals surface area contributed by atoms with Crippen LogP contribution < -0.4 is 5.73 Å². The topological polar surface area (TPSA) is 59.7 Å². The summed E-state index contributed by atoms with van der Waals surface area (Å²) in [6.07, 6.45) is 5.55. The maximum atomic E-state index is 8.24. The highest BCUT2D eigenvalue weighted by atomic mass is 15.4. The van der Waals surface area contributed by atoms with Gasteiger partial charge in [0.05, 0.1) is 11.4 Å². The van der Waals surface area contributed by atoms with E-state index in [4.69, 9.17) is 11.1 Å². The monoisotopic (exact) mass is 270 g/mol. The lowest BCUT2D eigenvalue weighted by molar-refractivity contribution is 0.536.